The first-order valence-corrected chi connectivity index (χ1v) is 19.3. The Balaban J connectivity index is 1.48. The average Bonchev–Trinajstić information content (AvgIpc) is 3.63. The number of aryl methyl sites for hydroxylation is 2. The van der Waals surface area contributed by atoms with Crippen LogP contribution in [0.5, 0.6) is 0 Å². The Morgan fingerprint density at radius 3 is 1.71 bits per heavy atom. The molecule has 1 saturated carbocycles. The molecule has 254 valence electrons. The molecular formula is C47H61N. The van der Waals surface area contributed by atoms with E-state index in [1.54, 1.807) is 0 Å². The third-order valence-electron chi connectivity index (χ3n) is 9.87. The second-order valence-corrected chi connectivity index (χ2v) is 14.1. The highest BCUT2D eigenvalue weighted by molar-refractivity contribution is 5.65. The summed E-state index contributed by atoms with van der Waals surface area (Å²) in [5, 5.41) is 0. The van der Waals surface area contributed by atoms with Crippen molar-refractivity contribution >= 4 is 11.8 Å². The van der Waals surface area contributed by atoms with E-state index in [1.807, 2.05) is 0 Å². The van der Waals surface area contributed by atoms with Crippen LogP contribution in [-0.2, 0) is 0 Å². The van der Waals surface area contributed by atoms with Gasteiger partial charge in [0.15, 0.2) is 0 Å². The summed E-state index contributed by atoms with van der Waals surface area (Å²) in [6, 6.07) is 22.0. The second kappa shape index (κ2) is 21.3. The Bertz CT molecular complexity index is 1490. The van der Waals surface area contributed by atoms with Crippen molar-refractivity contribution in [2.24, 2.45) is 5.92 Å². The number of allylic oxidation sites excluding steroid dienone is 1. The average molecular weight is 640 g/mol. The van der Waals surface area contributed by atoms with Crippen LogP contribution in [0.4, 0.5) is 5.69 Å². The highest BCUT2D eigenvalue weighted by atomic mass is 15.1. The lowest BCUT2D eigenvalue weighted by atomic mass is 9.97. The van der Waals surface area contributed by atoms with E-state index in [0.29, 0.717) is 5.92 Å². The number of nitrogens with zero attached hydrogens (tertiary/aromatic N) is 1. The minimum atomic E-state index is 0.680. The Hall–Kier alpha value is -3.68. The van der Waals surface area contributed by atoms with Crippen LogP contribution in [0.3, 0.4) is 0 Å². The molecular weight excluding hydrogens is 579 g/mol. The Labute approximate surface area is 294 Å². The fraction of sp³-hybridized carbons (Fsp3) is 0.489. The number of anilines is 1. The molecule has 1 fully saturated rings. The summed E-state index contributed by atoms with van der Waals surface area (Å²) < 4.78 is 0. The van der Waals surface area contributed by atoms with Crippen molar-refractivity contribution in [2.75, 3.05) is 18.0 Å². The molecule has 1 nitrogen and oxygen atoms in total. The van der Waals surface area contributed by atoms with Gasteiger partial charge in [0.05, 0.1) is 0 Å². The number of unbranched alkanes of at least 4 members (excludes halogenated alkanes) is 10. The van der Waals surface area contributed by atoms with Crippen molar-refractivity contribution in [3.05, 3.63) is 106 Å². The van der Waals surface area contributed by atoms with E-state index in [2.05, 4.69) is 129 Å². The molecule has 3 aromatic carbocycles. The molecule has 0 aromatic heterocycles. The number of rotatable bonds is 17. The summed E-state index contributed by atoms with van der Waals surface area (Å²) in [4.78, 5) is 2.63. The third kappa shape index (κ3) is 13.1. The van der Waals surface area contributed by atoms with E-state index in [1.165, 1.54) is 125 Å². The van der Waals surface area contributed by atoms with E-state index in [9.17, 15) is 0 Å². The van der Waals surface area contributed by atoms with Gasteiger partial charge in [0.25, 0.3) is 0 Å². The van der Waals surface area contributed by atoms with Gasteiger partial charge >= 0.3 is 0 Å². The van der Waals surface area contributed by atoms with Gasteiger partial charge in [0, 0.05) is 41.0 Å². The largest absolute Gasteiger partial charge is 0.372 e. The van der Waals surface area contributed by atoms with Crippen LogP contribution in [0.1, 0.15) is 156 Å². The molecule has 1 aliphatic rings. The number of hydrogen-bond acceptors (Lipinski definition) is 1. The molecule has 0 saturated heterocycles. The summed E-state index contributed by atoms with van der Waals surface area (Å²) in [5.41, 5.74) is 9.23. The molecule has 0 spiro atoms. The summed E-state index contributed by atoms with van der Waals surface area (Å²) in [6.45, 7) is 11.2. The molecule has 48 heavy (non-hydrogen) atoms. The summed E-state index contributed by atoms with van der Waals surface area (Å²) in [5.74, 6) is 14.6. The van der Waals surface area contributed by atoms with E-state index < -0.39 is 0 Å². The Morgan fingerprint density at radius 2 is 1.12 bits per heavy atom. The third-order valence-corrected chi connectivity index (χ3v) is 9.87. The maximum Gasteiger partial charge on any atom is 0.0367 e. The molecule has 0 atom stereocenters. The second-order valence-electron chi connectivity index (χ2n) is 14.1. The van der Waals surface area contributed by atoms with Crippen molar-refractivity contribution in [3.63, 3.8) is 0 Å². The highest BCUT2D eigenvalue weighted by Gasteiger charge is 2.12. The van der Waals surface area contributed by atoms with Gasteiger partial charge in [-0.05, 0) is 105 Å². The van der Waals surface area contributed by atoms with Crippen LogP contribution in [0.25, 0.3) is 6.08 Å². The molecule has 0 radical (unpaired) electrons. The first-order valence-electron chi connectivity index (χ1n) is 19.3. The molecule has 1 heteroatoms. The summed E-state index contributed by atoms with van der Waals surface area (Å²) >= 11 is 0. The van der Waals surface area contributed by atoms with Crippen molar-refractivity contribution in [1.29, 1.82) is 0 Å². The molecule has 0 unspecified atom stereocenters. The highest BCUT2D eigenvalue weighted by Crippen LogP contribution is 2.27. The van der Waals surface area contributed by atoms with Crippen LogP contribution >= 0.6 is 0 Å². The minimum absolute atomic E-state index is 0.680. The van der Waals surface area contributed by atoms with Crippen molar-refractivity contribution in [1.82, 2.24) is 0 Å². The molecule has 0 amide bonds. The maximum absolute atomic E-state index is 3.53. The lowest BCUT2D eigenvalue weighted by Gasteiger charge is -2.25. The smallest absolute Gasteiger partial charge is 0.0367 e. The fourth-order valence-corrected chi connectivity index (χ4v) is 6.70. The Kier molecular flexibility index (Phi) is 16.5. The predicted molar refractivity (Wildman–Crippen MR) is 211 cm³/mol. The van der Waals surface area contributed by atoms with Crippen molar-refractivity contribution in [2.45, 2.75) is 130 Å². The first-order chi connectivity index (χ1) is 23.6. The van der Waals surface area contributed by atoms with Gasteiger partial charge in [-0.2, -0.15) is 0 Å². The van der Waals surface area contributed by atoms with Crippen LogP contribution in [-0.4, -0.2) is 13.1 Å². The molecule has 0 aliphatic heterocycles. The van der Waals surface area contributed by atoms with Gasteiger partial charge in [0.1, 0.15) is 0 Å². The predicted octanol–water partition coefficient (Wildman–Crippen LogP) is 12.8. The van der Waals surface area contributed by atoms with Crippen LogP contribution in [0, 0.1) is 43.4 Å². The van der Waals surface area contributed by atoms with Gasteiger partial charge in [-0.3, -0.25) is 0 Å². The Morgan fingerprint density at radius 1 is 0.604 bits per heavy atom. The minimum Gasteiger partial charge on any atom is -0.372 e. The normalized spacial score (nSPS) is 12.9. The summed E-state index contributed by atoms with van der Waals surface area (Å²) in [7, 11) is 0. The standard InChI is InChI=1S/C47H61N/c1-5-7-9-11-13-17-35-48(36-18-14-12-10-8-6-2)47-33-28-43(29-34-47)25-30-44-38-46(32-26-41-19-15-16-20-41)45(37-40(44)4)31-27-42-23-21-39(3)22-24-42/h21-24,26,28-29,32-34,37-38,41H,5-20,35-36H2,1-4H3. The SMILES string of the molecule is CCCCCCCCN(CCCCCCCC)c1ccc(C#Cc2cc(C=CC3CCCC3)c(C#Cc3ccc(C)cc3)cc2C)cc1. The zero-order valence-electron chi connectivity index (χ0n) is 30.7. The lowest BCUT2D eigenvalue weighted by Crippen LogP contribution is -2.25. The van der Waals surface area contributed by atoms with E-state index in [4.69, 9.17) is 0 Å². The molecule has 0 N–H and O–H groups in total. The number of benzene rings is 3. The molecule has 0 bridgehead atoms. The lowest BCUT2D eigenvalue weighted by molar-refractivity contribution is 0.575. The zero-order chi connectivity index (χ0) is 33.8. The quantitative estimate of drug-likeness (QED) is 0.105. The van der Waals surface area contributed by atoms with Gasteiger partial charge in [-0.15, -0.1) is 0 Å². The molecule has 1 aliphatic carbocycles. The van der Waals surface area contributed by atoms with Gasteiger partial charge in [-0.25, -0.2) is 0 Å². The maximum atomic E-state index is 3.53. The van der Waals surface area contributed by atoms with Gasteiger partial charge in [-0.1, -0.05) is 144 Å². The van der Waals surface area contributed by atoms with Gasteiger partial charge in [0.2, 0.25) is 0 Å². The van der Waals surface area contributed by atoms with Crippen molar-refractivity contribution < 1.29 is 0 Å². The first kappa shape index (κ1) is 37.1. The topological polar surface area (TPSA) is 3.24 Å². The number of hydrogen-bond donors (Lipinski definition) is 0. The molecule has 4 rings (SSSR count). The summed E-state index contributed by atoms with van der Waals surface area (Å²) in [6.07, 6.45) is 26.1. The fourth-order valence-electron chi connectivity index (χ4n) is 6.70. The van der Waals surface area contributed by atoms with E-state index >= 15 is 0 Å². The van der Waals surface area contributed by atoms with Crippen LogP contribution < -0.4 is 4.90 Å². The van der Waals surface area contributed by atoms with E-state index in [-0.39, 0.29) is 0 Å². The molecule has 3 aromatic rings. The van der Waals surface area contributed by atoms with Gasteiger partial charge < -0.3 is 4.90 Å². The van der Waals surface area contributed by atoms with Crippen LogP contribution in [0.2, 0.25) is 0 Å². The van der Waals surface area contributed by atoms with Crippen LogP contribution in [0.15, 0.2) is 66.7 Å². The van der Waals surface area contributed by atoms with Crippen molar-refractivity contribution in [3.8, 4) is 23.7 Å². The zero-order valence-corrected chi connectivity index (χ0v) is 30.7. The van der Waals surface area contributed by atoms with E-state index in [0.717, 1.165) is 35.3 Å². The molecule has 0 heterocycles. The monoisotopic (exact) mass is 639 g/mol.